The highest BCUT2D eigenvalue weighted by molar-refractivity contribution is 5.84. The largest absolute Gasteiger partial charge is 0.350 e. The third kappa shape index (κ3) is 3.48. The molecule has 1 heterocycles. The maximum absolute atomic E-state index is 11.7. The van der Waals surface area contributed by atoms with Crippen molar-refractivity contribution in [2.75, 3.05) is 19.6 Å². The van der Waals surface area contributed by atoms with E-state index in [0.717, 1.165) is 12.0 Å². The van der Waals surface area contributed by atoms with E-state index in [1.54, 1.807) is 0 Å². The maximum atomic E-state index is 11.7. The average molecular weight is 247 g/mol. The van der Waals surface area contributed by atoms with Crippen LogP contribution in [-0.4, -0.2) is 36.5 Å². The van der Waals surface area contributed by atoms with Gasteiger partial charge in [-0.05, 0) is 12.0 Å². The topological polar surface area (TPSA) is 61.4 Å². The second-order valence-corrected chi connectivity index (χ2v) is 4.27. The van der Waals surface area contributed by atoms with Gasteiger partial charge in [0.15, 0.2) is 0 Å². The lowest BCUT2D eigenvalue weighted by Gasteiger charge is -2.26. The number of hydrogen-bond donors (Lipinski definition) is 2. The van der Waals surface area contributed by atoms with Crippen molar-refractivity contribution >= 4 is 11.9 Å². The van der Waals surface area contributed by atoms with Crippen molar-refractivity contribution in [1.82, 2.24) is 15.5 Å². The molecule has 0 saturated carbocycles. The van der Waals surface area contributed by atoms with Crippen LogP contribution in [0.25, 0.3) is 0 Å². The Bertz CT molecular complexity index is 420. The molecule has 1 fully saturated rings. The number of rotatable bonds is 4. The van der Waals surface area contributed by atoms with E-state index in [2.05, 4.69) is 10.6 Å². The van der Waals surface area contributed by atoms with E-state index < -0.39 is 0 Å². The molecule has 0 aliphatic carbocycles. The molecule has 5 nitrogen and oxygen atoms in total. The zero-order valence-corrected chi connectivity index (χ0v) is 10.2. The van der Waals surface area contributed by atoms with Crippen molar-refractivity contribution < 1.29 is 9.59 Å². The average Bonchev–Trinajstić information content (AvgIpc) is 2.40. The Morgan fingerprint density at radius 3 is 2.83 bits per heavy atom. The molecule has 96 valence electrons. The summed E-state index contributed by atoms with van der Waals surface area (Å²) < 4.78 is 0. The van der Waals surface area contributed by atoms with Crippen molar-refractivity contribution in [3.05, 3.63) is 35.9 Å². The van der Waals surface area contributed by atoms with Gasteiger partial charge in [0.1, 0.15) is 6.54 Å². The summed E-state index contributed by atoms with van der Waals surface area (Å²) in [5.41, 5.74) is 1.05. The lowest BCUT2D eigenvalue weighted by atomic mass is 10.2. The molecule has 0 radical (unpaired) electrons. The van der Waals surface area contributed by atoms with Gasteiger partial charge in [0.2, 0.25) is 5.91 Å². The molecular weight excluding hydrogens is 230 g/mol. The molecule has 2 N–H and O–H groups in total. The van der Waals surface area contributed by atoms with Gasteiger partial charge >= 0.3 is 6.03 Å². The second-order valence-electron chi connectivity index (χ2n) is 4.27. The van der Waals surface area contributed by atoms with Crippen LogP contribution >= 0.6 is 0 Å². The van der Waals surface area contributed by atoms with Crippen LogP contribution in [-0.2, 0) is 11.3 Å². The number of nitrogens with one attached hydrogen (secondary N) is 2. The highest BCUT2D eigenvalue weighted by atomic mass is 16.2. The van der Waals surface area contributed by atoms with Crippen LogP contribution in [0, 0.1) is 0 Å². The molecule has 0 bridgehead atoms. The van der Waals surface area contributed by atoms with Crippen molar-refractivity contribution in [2.24, 2.45) is 0 Å². The molecule has 18 heavy (non-hydrogen) atoms. The van der Waals surface area contributed by atoms with Crippen LogP contribution in [0.1, 0.15) is 12.0 Å². The monoisotopic (exact) mass is 247 g/mol. The summed E-state index contributed by atoms with van der Waals surface area (Å²) in [5, 5.41) is 5.52. The van der Waals surface area contributed by atoms with Crippen molar-refractivity contribution in [3.63, 3.8) is 0 Å². The number of carbonyl (C=O) groups excluding carboxylic acids is 2. The summed E-state index contributed by atoms with van der Waals surface area (Å²) in [6.07, 6.45) is 0.887. The van der Waals surface area contributed by atoms with E-state index in [-0.39, 0.29) is 18.5 Å². The number of urea groups is 1. The SMILES string of the molecule is O=C(CN1CCCNC1=O)NCc1ccccc1. The molecule has 0 aromatic heterocycles. The van der Waals surface area contributed by atoms with Crippen LogP contribution in [0.3, 0.4) is 0 Å². The van der Waals surface area contributed by atoms with E-state index in [1.165, 1.54) is 4.90 Å². The first-order valence-electron chi connectivity index (χ1n) is 6.09. The predicted molar refractivity (Wildman–Crippen MR) is 67.9 cm³/mol. The summed E-state index contributed by atoms with van der Waals surface area (Å²) in [4.78, 5) is 24.7. The highest BCUT2D eigenvalue weighted by Crippen LogP contribution is 2.00. The van der Waals surface area contributed by atoms with Gasteiger partial charge < -0.3 is 15.5 Å². The first-order valence-corrected chi connectivity index (χ1v) is 6.09. The van der Waals surface area contributed by atoms with Crippen LogP contribution in [0.2, 0.25) is 0 Å². The van der Waals surface area contributed by atoms with Gasteiger partial charge in [-0.3, -0.25) is 4.79 Å². The molecular formula is C13H17N3O2. The minimum Gasteiger partial charge on any atom is -0.350 e. The van der Waals surface area contributed by atoms with Crippen LogP contribution < -0.4 is 10.6 Å². The number of benzene rings is 1. The molecule has 1 aliphatic heterocycles. The third-order valence-corrected chi connectivity index (χ3v) is 2.84. The van der Waals surface area contributed by atoms with Crippen molar-refractivity contribution in [3.8, 4) is 0 Å². The summed E-state index contributed by atoms with van der Waals surface area (Å²) >= 11 is 0. The fraction of sp³-hybridized carbons (Fsp3) is 0.385. The van der Waals surface area contributed by atoms with E-state index in [1.807, 2.05) is 30.3 Å². The Morgan fingerprint density at radius 2 is 2.11 bits per heavy atom. The lowest BCUT2D eigenvalue weighted by Crippen LogP contribution is -2.50. The van der Waals surface area contributed by atoms with Crippen LogP contribution in [0.15, 0.2) is 30.3 Å². The number of amides is 3. The van der Waals surface area contributed by atoms with Gasteiger partial charge in [-0.25, -0.2) is 4.79 Å². The third-order valence-electron chi connectivity index (χ3n) is 2.84. The molecule has 0 atom stereocenters. The lowest BCUT2D eigenvalue weighted by molar-refractivity contribution is -0.121. The maximum Gasteiger partial charge on any atom is 0.317 e. The van der Waals surface area contributed by atoms with Gasteiger partial charge in [0, 0.05) is 19.6 Å². The quantitative estimate of drug-likeness (QED) is 0.823. The smallest absolute Gasteiger partial charge is 0.317 e. The summed E-state index contributed by atoms with van der Waals surface area (Å²) in [6.45, 7) is 1.96. The van der Waals surface area contributed by atoms with Crippen molar-refractivity contribution in [2.45, 2.75) is 13.0 Å². The number of nitrogens with zero attached hydrogens (tertiary/aromatic N) is 1. The van der Waals surface area contributed by atoms with Gasteiger partial charge in [-0.1, -0.05) is 30.3 Å². The summed E-state index contributed by atoms with van der Waals surface area (Å²) in [5.74, 6) is -0.129. The summed E-state index contributed by atoms with van der Waals surface area (Å²) in [7, 11) is 0. The Balaban J connectivity index is 1.76. The Hall–Kier alpha value is -2.04. The number of carbonyl (C=O) groups is 2. The Labute approximate surface area is 106 Å². The molecule has 2 rings (SSSR count). The molecule has 1 aromatic carbocycles. The Morgan fingerprint density at radius 1 is 1.33 bits per heavy atom. The fourth-order valence-corrected chi connectivity index (χ4v) is 1.86. The first-order chi connectivity index (χ1) is 8.75. The molecule has 1 aliphatic rings. The second kappa shape index (κ2) is 6.05. The van der Waals surface area contributed by atoms with E-state index in [0.29, 0.717) is 19.6 Å². The molecule has 0 unspecified atom stereocenters. The molecule has 1 saturated heterocycles. The highest BCUT2D eigenvalue weighted by Gasteiger charge is 2.19. The van der Waals surface area contributed by atoms with Crippen LogP contribution in [0.4, 0.5) is 4.79 Å². The van der Waals surface area contributed by atoms with Crippen LogP contribution in [0.5, 0.6) is 0 Å². The van der Waals surface area contributed by atoms with Gasteiger partial charge in [-0.2, -0.15) is 0 Å². The van der Waals surface area contributed by atoms with E-state index in [4.69, 9.17) is 0 Å². The van der Waals surface area contributed by atoms with E-state index in [9.17, 15) is 9.59 Å². The minimum atomic E-state index is -0.156. The molecule has 0 spiro atoms. The Kier molecular flexibility index (Phi) is 4.17. The van der Waals surface area contributed by atoms with Gasteiger partial charge in [0.25, 0.3) is 0 Å². The predicted octanol–water partition coefficient (Wildman–Crippen LogP) is 0.718. The molecule has 5 heteroatoms. The van der Waals surface area contributed by atoms with E-state index >= 15 is 0 Å². The summed E-state index contributed by atoms with van der Waals surface area (Å²) in [6, 6.07) is 9.54. The minimum absolute atomic E-state index is 0.124. The molecule has 1 aromatic rings. The zero-order valence-electron chi connectivity index (χ0n) is 10.2. The van der Waals surface area contributed by atoms with Gasteiger partial charge in [0.05, 0.1) is 0 Å². The zero-order chi connectivity index (χ0) is 12.8. The number of hydrogen-bond acceptors (Lipinski definition) is 2. The standard InChI is InChI=1S/C13H17N3O2/c17-12(10-16-8-4-7-14-13(16)18)15-9-11-5-2-1-3-6-11/h1-3,5-6H,4,7-10H2,(H,14,18)(H,15,17). The normalized spacial score (nSPS) is 15.1. The molecule has 3 amide bonds. The first kappa shape index (κ1) is 12.4. The van der Waals surface area contributed by atoms with Crippen molar-refractivity contribution in [1.29, 1.82) is 0 Å². The van der Waals surface area contributed by atoms with Gasteiger partial charge in [-0.15, -0.1) is 0 Å². The fourth-order valence-electron chi connectivity index (χ4n) is 1.86.